The van der Waals surface area contributed by atoms with Crippen molar-refractivity contribution in [3.05, 3.63) is 53.7 Å². The molecule has 1 aromatic heterocycles. The summed E-state index contributed by atoms with van der Waals surface area (Å²) in [7, 11) is 0. The molecule has 0 radical (unpaired) electrons. The third-order valence-electron chi connectivity index (χ3n) is 4.15. The number of esters is 1. The van der Waals surface area contributed by atoms with Crippen molar-refractivity contribution < 1.29 is 9.53 Å². The third kappa shape index (κ3) is 1.88. The molecule has 4 rings (SSSR count). The van der Waals surface area contributed by atoms with Crippen molar-refractivity contribution in [3.63, 3.8) is 0 Å². The molecule has 1 aliphatic rings. The molecular weight excluding hydrogens is 262 g/mol. The lowest BCUT2D eigenvalue weighted by molar-refractivity contribution is -0.139. The average molecular weight is 277 g/mol. The van der Waals surface area contributed by atoms with E-state index in [0.29, 0.717) is 13.0 Å². The van der Waals surface area contributed by atoms with E-state index in [1.165, 1.54) is 5.56 Å². The average Bonchev–Trinajstić information content (AvgIpc) is 2.93. The van der Waals surface area contributed by atoms with Crippen LogP contribution in [0, 0.1) is 6.92 Å². The lowest BCUT2D eigenvalue weighted by Gasteiger charge is -2.12. The normalized spacial score (nSPS) is 18.3. The Morgan fingerprint density at radius 1 is 1.10 bits per heavy atom. The molecule has 0 aliphatic carbocycles. The molecule has 0 unspecified atom stereocenters. The molecule has 2 heterocycles. The van der Waals surface area contributed by atoms with Crippen molar-refractivity contribution in [2.45, 2.75) is 19.3 Å². The molecule has 0 N–H and O–H groups in total. The molecule has 21 heavy (non-hydrogen) atoms. The highest BCUT2D eigenvalue weighted by atomic mass is 16.5. The van der Waals surface area contributed by atoms with E-state index in [-0.39, 0.29) is 11.9 Å². The number of fused-ring (bicyclic) bond motifs is 3. The predicted molar refractivity (Wildman–Crippen MR) is 82.3 cm³/mol. The van der Waals surface area contributed by atoms with Crippen LogP contribution in [0.4, 0.5) is 0 Å². The van der Waals surface area contributed by atoms with Gasteiger partial charge in [-0.25, -0.2) is 0 Å². The van der Waals surface area contributed by atoms with Crippen molar-refractivity contribution in [2.75, 3.05) is 6.61 Å². The molecule has 0 bridgehead atoms. The quantitative estimate of drug-likeness (QED) is 0.502. The van der Waals surface area contributed by atoms with E-state index < -0.39 is 0 Å². The summed E-state index contributed by atoms with van der Waals surface area (Å²) in [6.07, 6.45) is 0.715. The minimum absolute atomic E-state index is 0.154. The number of ether oxygens (including phenoxy) is 1. The first kappa shape index (κ1) is 12.3. The van der Waals surface area contributed by atoms with Crippen molar-refractivity contribution in [1.29, 1.82) is 0 Å². The van der Waals surface area contributed by atoms with E-state index in [2.05, 4.69) is 25.1 Å². The van der Waals surface area contributed by atoms with Crippen LogP contribution in [0.15, 0.2) is 42.5 Å². The molecule has 0 spiro atoms. The van der Waals surface area contributed by atoms with Gasteiger partial charge >= 0.3 is 5.97 Å². The number of carbonyl (C=O) groups excluding carboxylic acids is 1. The number of benzene rings is 2. The van der Waals surface area contributed by atoms with Gasteiger partial charge in [0.2, 0.25) is 0 Å². The van der Waals surface area contributed by atoms with Crippen LogP contribution in [0.3, 0.4) is 0 Å². The van der Waals surface area contributed by atoms with Crippen molar-refractivity contribution in [3.8, 4) is 0 Å². The Morgan fingerprint density at radius 3 is 2.67 bits per heavy atom. The fourth-order valence-corrected chi connectivity index (χ4v) is 3.10. The fourth-order valence-electron chi connectivity index (χ4n) is 3.10. The number of aromatic nitrogens is 1. The lowest BCUT2D eigenvalue weighted by atomic mass is 9.95. The van der Waals surface area contributed by atoms with Crippen LogP contribution in [-0.2, 0) is 9.53 Å². The summed E-state index contributed by atoms with van der Waals surface area (Å²) < 4.78 is 5.12. The second kappa shape index (κ2) is 4.55. The highest BCUT2D eigenvalue weighted by Crippen LogP contribution is 2.34. The second-order valence-corrected chi connectivity index (χ2v) is 5.57. The molecule has 0 amide bonds. The maximum atomic E-state index is 11.9. The molecule has 1 aliphatic heterocycles. The number of rotatable bonds is 1. The zero-order valence-electron chi connectivity index (χ0n) is 11.8. The number of hydrogen-bond acceptors (Lipinski definition) is 3. The van der Waals surface area contributed by atoms with Gasteiger partial charge in [-0.1, -0.05) is 35.9 Å². The number of aryl methyl sites for hydroxylation is 1. The molecule has 104 valence electrons. The summed E-state index contributed by atoms with van der Waals surface area (Å²) in [4.78, 5) is 16.7. The molecule has 1 fully saturated rings. The Labute approximate surface area is 122 Å². The van der Waals surface area contributed by atoms with E-state index in [9.17, 15) is 4.79 Å². The molecule has 1 atom stereocenters. The minimum atomic E-state index is -0.236. The summed E-state index contributed by atoms with van der Waals surface area (Å²) in [5.74, 6) is -0.389. The smallest absolute Gasteiger partial charge is 0.315 e. The van der Waals surface area contributed by atoms with Gasteiger partial charge in [-0.3, -0.25) is 9.78 Å². The van der Waals surface area contributed by atoms with Gasteiger partial charge in [-0.05, 0) is 24.4 Å². The largest absolute Gasteiger partial charge is 0.465 e. The second-order valence-electron chi connectivity index (χ2n) is 5.57. The van der Waals surface area contributed by atoms with Gasteiger partial charge in [-0.2, -0.15) is 0 Å². The number of nitrogens with zero attached hydrogens (tertiary/aromatic N) is 1. The first-order chi connectivity index (χ1) is 10.2. The fraction of sp³-hybridized carbons (Fsp3) is 0.222. The topological polar surface area (TPSA) is 39.2 Å². The van der Waals surface area contributed by atoms with Crippen LogP contribution in [0.1, 0.15) is 23.6 Å². The molecular formula is C18H15NO2. The summed E-state index contributed by atoms with van der Waals surface area (Å²) in [6, 6.07) is 14.4. The van der Waals surface area contributed by atoms with Crippen LogP contribution in [0.2, 0.25) is 0 Å². The monoisotopic (exact) mass is 277 g/mol. The highest BCUT2D eigenvalue weighted by Gasteiger charge is 2.31. The molecule has 3 heteroatoms. The van der Waals surface area contributed by atoms with Crippen LogP contribution in [-0.4, -0.2) is 17.6 Å². The van der Waals surface area contributed by atoms with Gasteiger partial charge in [0.1, 0.15) is 5.92 Å². The van der Waals surface area contributed by atoms with Crippen LogP contribution in [0.25, 0.3) is 21.7 Å². The first-order valence-corrected chi connectivity index (χ1v) is 7.20. The van der Waals surface area contributed by atoms with E-state index in [1.807, 2.05) is 24.3 Å². The molecule has 0 saturated carbocycles. The summed E-state index contributed by atoms with van der Waals surface area (Å²) in [5.41, 5.74) is 3.00. The van der Waals surface area contributed by atoms with Gasteiger partial charge in [0.25, 0.3) is 0 Å². The maximum Gasteiger partial charge on any atom is 0.315 e. The molecule has 3 nitrogen and oxygen atoms in total. The summed E-state index contributed by atoms with van der Waals surface area (Å²) in [6.45, 7) is 2.57. The maximum absolute atomic E-state index is 11.9. The standard InChI is InChI=1S/C18H15NO2/c1-11-6-7-16-15(10-11)12-4-2-3-5-13(12)17(19-16)14-8-9-21-18(14)20/h2-7,10,14H,8-9H2,1H3/t14-/m0/s1. The Balaban J connectivity index is 2.10. The third-order valence-corrected chi connectivity index (χ3v) is 4.15. The molecule has 1 saturated heterocycles. The lowest BCUT2D eigenvalue weighted by Crippen LogP contribution is -2.08. The number of carbonyl (C=O) groups is 1. The Bertz CT molecular complexity index is 870. The highest BCUT2D eigenvalue weighted by molar-refractivity contribution is 6.08. The van der Waals surface area contributed by atoms with E-state index in [1.54, 1.807) is 0 Å². The molecule has 3 aromatic rings. The van der Waals surface area contributed by atoms with E-state index in [4.69, 9.17) is 9.72 Å². The first-order valence-electron chi connectivity index (χ1n) is 7.20. The zero-order valence-corrected chi connectivity index (χ0v) is 11.8. The Hall–Kier alpha value is -2.42. The van der Waals surface area contributed by atoms with Crippen molar-refractivity contribution in [2.24, 2.45) is 0 Å². The number of pyridine rings is 1. The van der Waals surface area contributed by atoms with Gasteiger partial charge < -0.3 is 4.74 Å². The zero-order chi connectivity index (χ0) is 14.4. The summed E-state index contributed by atoms with van der Waals surface area (Å²) in [5, 5.41) is 3.35. The van der Waals surface area contributed by atoms with Crippen molar-refractivity contribution >= 4 is 27.6 Å². The minimum Gasteiger partial charge on any atom is -0.465 e. The van der Waals surface area contributed by atoms with Gasteiger partial charge in [-0.15, -0.1) is 0 Å². The van der Waals surface area contributed by atoms with Gasteiger partial charge in [0, 0.05) is 17.2 Å². The van der Waals surface area contributed by atoms with E-state index >= 15 is 0 Å². The van der Waals surface area contributed by atoms with Crippen LogP contribution >= 0.6 is 0 Å². The summed E-state index contributed by atoms with van der Waals surface area (Å²) >= 11 is 0. The van der Waals surface area contributed by atoms with E-state index in [0.717, 1.165) is 27.4 Å². The Kier molecular flexibility index (Phi) is 2.67. The van der Waals surface area contributed by atoms with Crippen molar-refractivity contribution in [1.82, 2.24) is 4.98 Å². The van der Waals surface area contributed by atoms with Crippen LogP contribution < -0.4 is 0 Å². The SMILES string of the molecule is Cc1ccc2nc([C@@H]3CCOC3=O)c3ccccc3c2c1. The van der Waals surface area contributed by atoms with Gasteiger partial charge in [0.15, 0.2) is 0 Å². The number of cyclic esters (lactones) is 1. The predicted octanol–water partition coefficient (Wildman–Crippen LogP) is 3.73. The molecule has 2 aromatic carbocycles. The van der Waals surface area contributed by atoms with Gasteiger partial charge in [0.05, 0.1) is 17.8 Å². The Morgan fingerprint density at radius 2 is 1.90 bits per heavy atom. The van der Waals surface area contributed by atoms with Crippen LogP contribution in [0.5, 0.6) is 0 Å². The number of hydrogen-bond donors (Lipinski definition) is 0.